The molecule has 14 N–H and O–H groups in total. The van der Waals surface area contributed by atoms with E-state index < -0.39 is 29.7 Å². The Morgan fingerprint density at radius 3 is 1.43 bits per heavy atom. The molecular formula is C77H97N17O14. The maximum absolute atomic E-state index is 12.7. The van der Waals surface area contributed by atoms with Crippen molar-refractivity contribution in [3.05, 3.63) is 217 Å². The van der Waals surface area contributed by atoms with Crippen LogP contribution < -0.4 is 55.3 Å². The highest BCUT2D eigenvalue weighted by atomic mass is 16.7. The number of amides is 9. The molecule has 2 aliphatic carbocycles. The number of piperidine rings is 3. The van der Waals surface area contributed by atoms with Crippen molar-refractivity contribution in [2.45, 2.75) is 158 Å². The number of nitrogens with one attached hydrogen (secondary N) is 6. The predicted octanol–water partition coefficient (Wildman–Crippen LogP) is 4.74. The highest BCUT2D eigenvalue weighted by Crippen LogP contribution is 2.35. The number of urea groups is 1. The van der Waals surface area contributed by atoms with Crippen LogP contribution in [-0.4, -0.2) is 156 Å². The van der Waals surface area contributed by atoms with Crippen LogP contribution in [0.3, 0.4) is 0 Å². The molecule has 2 unspecified atom stereocenters. The topological polar surface area (TPSA) is 421 Å². The Kier molecular flexibility index (Phi) is 30.4. The van der Waals surface area contributed by atoms with Crippen LogP contribution >= 0.6 is 0 Å². The summed E-state index contributed by atoms with van der Waals surface area (Å²) in [5.74, 6) is -3.17. The molecule has 7 aromatic rings. The number of fused-ring (bicyclic) bond motifs is 3. The van der Waals surface area contributed by atoms with Gasteiger partial charge in [0, 0.05) is 68.5 Å². The van der Waals surface area contributed by atoms with Gasteiger partial charge in [0.25, 0.3) is 0 Å². The molecule has 14 rings (SSSR count). The summed E-state index contributed by atoms with van der Waals surface area (Å²) in [6.07, 6.45) is 17.3. The van der Waals surface area contributed by atoms with Crippen molar-refractivity contribution in [1.29, 1.82) is 0 Å². The third kappa shape index (κ3) is 23.5. The summed E-state index contributed by atoms with van der Waals surface area (Å²) >= 11 is 0. The first-order valence-corrected chi connectivity index (χ1v) is 36.5. The molecule has 0 spiro atoms. The molecule has 7 heterocycles. The van der Waals surface area contributed by atoms with E-state index >= 15 is 0 Å². The van der Waals surface area contributed by atoms with Crippen LogP contribution in [-0.2, 0) is 86.0 Å². The van der Waals surface area contributed by atoms with Gasteiger partial charge in [-0.3, -0.25) is 72.2 Å². The van der Waals surface area contributed by atoms with Crippen LogP contribution in [0, 0.1) is 23.7 Å². The van der Waals surface area contributed by atoms with Crippen molar-refractivity contribution in [3.63, 3.8) is 0 Å². The fourth-order valence-electron chi connectivity index (χ4n) is 13.9. The highest BCUT2D eigenvalue weighted by molar-refractivity contribution is 6.05. The zero-order chi connectivity index (χ0) is 76.2. The van der Waals surface area contributed by atoms with Crippen molar-refractivity contribution in [2.24, 2.45) is 46.6 Å². The van der Waals surface area contributed by atoms with Gasteiger partial charge in [0.15, 0.2) is 0 Å². The van der Waals surface area contributed by atoms with Gasteiger partial charge in [-0.15, -0.1) is 0 Å². The van der Waals surface area contributed by atoms with Crippen LogP contribution in [0.2, 0.25) is 0 Å². The number of carbonyl (C=O) groups is 9. The van der Waals surface area contributed by atoms with Crippen LogP contribution in [0.1, 0.15) is 110 Å². The lowest BCUT2D eigenvalue weighted by Crippen LogP contribution is -2.55. The standard InChI is InChI=1S/C18H22N4O3.C17H21N5O3.C15H18N2O3.C14H17N3O3.C13H19N3O2/c19-17(23)15-7-6-14(21-25-11-13-4-2-1-3-5-13)10-16(15)18(24)22-9-8-20-12-22;18-16(23)15-7-6-14(10-20-15)22(17(24)21-9-8-19-12-21)25-11-13-4-2-1-3-5-13;18-14-12-7-6-11(8-13(12)15(19)16-14)17-20-9-10-4-2-1-3-5-10;15-13(18)12-7-6-11-8-16(12)14(19)17(11)20-9-10-4-2-1-3-5-10;14-13(17)12-7-6-11(8-15-12)16-18-9-10-4-2-1-3-5-10/h1-5,8-9,12,14-16,21H,6-7,10-11H2,(H2,19,23);1-5,8-9,12,14-15,20H,6-7,10-11H2,(H2,18,23);1-5,11-13,17H,6-9H2,(H,16,18,19);1-5,11-12H,6-9H2,(H2,15,18);1-5,11-12,15-16H,6-9H2,(H2,14,17)/t14-,15-,16?;14-,15+;11-,12-,13?;2*11-,12+/m11111/s1. The lowest BCUT2D eigenvalue weighted by Gasteiger charge is -2.35. The zero-order valence-electron chi connectivity index (χ0n) is 60.1. The molecular weight excluding hydrogens is 1390 g/mol. The van der Waals surface area contributed by atoms with Crippen molar-refractivity contribution < 1.29 is 67.3 Å². The summed E-state index contributed by atoms with van der Waals surface area (Å²) in [6.45, 7) is 3.74. The molecule has 5 saturated heterocycles. The molecule has 2 saturated carbocycles. The van der Waals surface area contributed by atoms with Crippen LogP contribution in [0.4, 0.5) is 9.59 Å². The average molecular weight is 1480 g/mol. The van der Waals surface area contributed by atoms with E-state index in [1.807, 2.05) is 152 Å². The van der Waals surface area contributed by atoms with E-state index in [0.717, 1.165) is 66.3 Å². The minimum Gasteiger partial charge on any atom is -0.369 e. The fourth-order valence-corrected chi connectivity index (χ4v) is 13.9. The molecule has 108 heavy (non-hydrogen) atoms. The number of primary amides is 4. The molecule has 2 bridgehead atoms. The van der Waals surface area contributed by atoms with E-state index in [9.17, 15) is 43.2 Å². The Bertz CT molecular complexity index is 3970. The lowest BCUT2D eigenvalue weighted by atomic mass is 9.76. The van der Waals surface area contributed by atoms with Crippen LogP contribution in [0.25, 0.3) is 0 Å². The molecule has 7 aliphatic rings. The van der Waals surface area contributed by atoms with Gasteiger partial charge in [0.1, 0.15) is 31.9 Å². The Hall–Kier alpha value is -10.5. The van der Waals surface area contributed by atoms with Gasteiger partial charge in [0.2, 0.25) is 41.4 Å². The van der Waals surface area contributed by atoms with E-state index in [1.54, 1.807) is 18.6 Å². The van der Waals surface area contributed by atoms with Crippen molar-refractivity contribution >= 4 is 53.4 Å². The maximum atomic E-state index is 12.7. The van der Waals surface area contributed by atoms with E-state index in [4.69, 9.17) is 47.1 Å². The monoisotopic (exact) mass is 1480 g/mol. The van der Waals surface area contributed by atoms with Gasteiger partial charge < -0.3 is 38.5 Å². The van der Waals surface area contributed by atoms with E-state index in [1.165, 1.54) is 43.0 Å². The number of nitrogens with two attached hydrogens (primary N) is 4. The average Bonchev–Trinajstić information content (AvgIpc) is 1.60. The summed E-state index contributed by atoms with van der Waals surface area (Å²) in [6, 6.07) is 47.6. The summed E-state index contributed by atoms with van der Waals surface area (Å²) in [4.78, 5) is 144. The lowest BCUT2D eigenvalue weighted by molar-refractivity contribution is -0.159. The van der Waals surface area contributed by atoms with Crippen molar-refractivity contribution in [2.75, 3.05) is 19.6 Å². The molecule has 7 fully saturated rings. The van der Waals surface area contributed by atoms with E-state index in [0.29, 0.717) is 84.6 Å². The molecule has 574 valence electrons. The zero-order valence-corrected chi connectivity index (χ0v) is 60.1. The van der Waals surface area contributed by atoms with Crippen molar-refractivity contribution in [3.8, 4) is 0 Å². The van der Waals surface area contributed by atoms with Gasteiger partial charge in [-0.1, -0.05) is 152 Å². The van der Waals surface area contributed by atoms with Crippen molar-refractivity contribution in [1.82, 2.24) is 66.5 Å². The SMILES string of the molecule is NC(=O)[C@@H]1CC[C@@H](N(OCc2ccccc2)C(=O)n2ccnc2)CN1.NC(=O)[C@@H]1CC[C@@H](NOCc2ccccc2)CC1C(=O)n1ccnc1.NC(=O)[C@@H]1CC[C@@H](NOCc2ccccc2)CN1.NC(=O)[C@@H]1CC[C@@H]2CN1C(=O)N2OCc1ccccc1.O=C1NC(=O)[C@@H]2CC[C@@H](NOCc3ccccc3)CC12. The maximum Gasteiger partial charge on any atom is 0.353 e. The highest BCUT2D eigenvalue weighted by Gasteiger charge is 2.48. The first-order chi connectivity index (χ1) is 52.5. The molecule has 0 radical (unpaired) electrons. The second kappa shape index (κ2) is 41.0. The fraction of sp³-hybridized carbons (Fsp3) is 0.416. The van der Waals surface area contributed by atoms with Gasteiger partial charge in [-0.2, -0.15) is 26.6 Å². The predicted molar refractivity (Wildman–Crippen MR) is 393 cm³/mol. The van der Waals surface area contributed by atoms with Gasteiger partial charge in [0.05, 0.1) is 61.7 Å². The third-order valence-corrected chi connectivity index (χ3v) is 19.9. The third-order valence-electron chi connectivity index (χ3n) is 19.9. The molecule has 31 nitrogen and oxygen atoms in total. The number of carbonyl (C=O) groups excluding carboxylic acids is 9. The molecule has 5 aliphatic heterocycles. The molecule has 5 aromatic carbocycles. The smallest absolute Gasteiger partial charge is 0.353 e. The van der Waals surface area contributed by atoms with E-state index in [-0.39, 0.29) is 102 Å². The Balaban J connectivity index is 0.000000145. The molecule has 9 amide bonds. The molecule has 2 aromatic heterocycles. The summed E-state index contributed by atoms with van der Waals surface area (Å²) < 4.78 is 2.78. The minimum absolute atomic E-state index is 0.00298. The van der Waals surface area contributed by atoms with Gasteiger partial charge >= 0.3 is 12.1 Å². The number of hydrogen-bond donors (Lipinski definition) is 10. The first kappa shape index (κ1) is 80.1. The minimum atomic E-state index is -0.496. The van der Waals surface area contributed by atoms with Gasteiger partial charge in [-0.25, -0.2) is 19.6 Å². The first-order valence-electron chi connectivity index (χ1n) is 36.5. The van der Waals surface area contributed by atoms with Gasteiger partial charge in [-0.05, 0) is 105 Å². The number of imide groups is 1. The number of hydrogen-bond acceptors (Lipinski definition) is 21. The number of imidazole rings is 2. The number of rotatable bonds is 24. The van der Waals surface area contributed by atoms with E-state index in [2.05, 4.69) is 42.4 Å². The Labute approximate surface area is 626 Å². The number of nitrogens with zero attached hydrogens (tertiary/aromatic N) is 7. The number of hydroxylamine groups is 7. The van der Waals surface area contributed by atoms with Crippen LogP contribution in [0.5, 0.6) is 0 Å². The second-order valence-corrected chi connectivity index (χ2v) is 27.4. The number of benzene rings is 5. The molecule has 31 heteroatoms. The summed E-state index contributed by atoms with van der Waals surface area (Å²) in [5.41, 5.74) is 35.7. The normalized spacial score (nSPS) is 24.1. The largest absolute Gasteiger partial charge is 0.369 e. The molecule has 12 atom stereocenters. The summed E-state index contributed by atoms with van der Waals surface area (Å²) in [7, 11) is 0. The Morgan fingerprint density at radius 2 is 0.944 bits per heavy atom. The summed E-state index contributed by atoms with van der Waals surface area (Å²) in [5, 5.41) is 11.3. The Morgan fingerprint density at radius 1 is 0.472 bits per heavy atom. The second-order valence-electron chi connectivity index (χ2n) is 27.4. The quantitative estimate of drug-likeness (QED) is 0.0288. The van der Waals surface area contributed by atoms with Crippen LogP contribution in [0.15, 0.2) is 189 Å². The number of aromatic nitrogens is 4.